The summed E-state index contributed by atoms with van der Waals surface area (Å²) in [4.78, 5) is -0.0220. The first-order valence-corrected chi connectivity index (χ1v) is 11.9. The Balaban J connectivity index is 1.72. The fourth-order valence-electron chi connectivity index (χ4n) is 3.36. The maximum atomic E-state index is 13.3. The SMILES string of the molecule is Cc1ccc2c(c1)CCCN2S(=O)(=O)c1cccc(S(=O)(=O)NC2CC2)c1. The van der Waals surface area contributed by atoms with Crippen LogP contribution >= 0.6 is 0 Å². The number of nitrogens with zero attached hydrogens (tertiary/aromatic N) is 1. The summed E-state index contributed by atoms with van der Waals surface area (Å²) in [6, 6.07) is 11.3. The number of fused-ring (bicyclic) bond motifs is 1. The number of nitrogens with one attached hydrogen (secondary N) is 1. The van der Waals surface area contributed by atoms with Gasteiger partial charge in [-0.3, -0.25) is 4.31 Å². The Labute approximate surface area is 160 Å². The molecule has 0 spiro atoms. The van der Waals surface area contributed by atoms with Gasteiger partial charge in [0, 0.05) is 12.6 Å². The van der Waals surface area contributed by atoms with Crippen molar-refractivity contribution in [1.82, 2.24) is 4.72 Å². The fraction of sp³-hybridized carbons (Fsp3) is 0.368. The predicted molar refractivity (Wildman–Crippen MR) is 104 cm³/mol. The number of benzene rings is 2. The van der Waals surface area contributed by atoms with Gasteiger partial charge in [-0.15, -0.1) is 0 Å². The molecule has 144 valence electrons. The average Bonchev–Trinajstić information content (AvgIpc) is 3.44. The summed E-state index contributed by atoms with van der Waals surface area (Å²) in [7, 11) is -7.55. The van der Waals surface area contributed by atoms with Crippen molar-refractivity contribution in [3.63, 3.8) is 0 Å². The first-order chi connectivity index (χ1) is 12.8. The Bertz CT molecular complexity index is 1090. The summed E-state index contributed by atoms with van der Waals surface area (Å²) < 4.78 is 55.4. The van der Waals surface area contributed by atoms with Crippen molar-refractivity contribution < 1.29 is 16.8 Å². The summed E-state index contributed by atoms with van der Waals surface area (Å²) in [6.07, 6.45) is 3.21. The van der Waals surface area contributed by atoms with Crippen LogP contribution in [0.25, 0.3) is 0 Å². The number of hydrogen-bond acceptors (Lipinski definition) is 4. The van der Waals surface area contributed by atoms with E-state index in [-0.39, 0.29) is 15.8 Å². The zero-order valence-corrected chi connectivity index (χ0v) is 16.7. The van der Waals surface area contributed by atoms with Crippen molar-refractivity contribution in [2.24, 2.45) is 0 Å². The second-order valence-electron chi connectivity index (χ2n) is 7.18. The van der Waals surface area contributed by atoms with Crippen LogP contribution in [-0.2, 0) is 26.5 Å². The second kappa shape index (κ2) is 6.61. The molecule has 1 saturated carbocycles. The van der Waals surface area contributed by atoms with Gasteiger partial charge >= 0.3 is 0 Å². The molecule has 0 amide bonds. The van der Waals surface area contributed by atoms with Gasteiger partial charge in [-0.25, -0.2) is 21.6 Å². The lowest BCUT2D eigenvalue weighted by Crippen LogP contribution is -2.35. The zero-order valence-electron chi connectivity index (χ0n) is 15.1. The Morgan fingerprint density at radius 1 is 1.00 bits per heavy atom. The van der Waals surface area contributed by atoms with Crippen molar-refractivity contribution in [2.75, 3.05) is 10.8 Å². The van der Waals surface area contributed by atoms with Gasteiger partial charge in [-0.2, -0.15) is 0 Å². The lowest BCUT2D eigenvalue weighted by molar-refractivity contribution is 0.580. The quantitative estimate of drug-likeness (QED) is 0.827. The van der Waals surface area contributed by atoms with E-state index in [1.165, 1.54) is 28.6 Å². The predicted octanol–water partition coefficient (Wildman–Crippen LogP) is 2.58. The number of anilines is 1. The molecule has 6 nitrogen and oxygen atoms in total. The molecule has 1 N–H and O–H groups in total. The molecule has 1 heterocycles. The maximum absolute atomic E-state index is 13.3. The number of sulfonamides is 2. The molecule has 1 fully saturated rings. The molecule has 1 aliphatic heterocycles. The van der Waals surface area contributed by atoms with Crippen LogP contribution < -0.4 is 9.03 Å². The molecule has 0 saturated heterocycles. The molecule has 2 aromatic rings. The summed E-state index contributed by atoms with van der Waals surface area (Å²) in [5.41, 5.74) is 2.77. The summed E-state index contributed by atoms with van der Waals surface area (Å²) >= 11 is 0. The molecular weight excluding hydrogens is 384 g/mol. The maximum Gasteiger partial charge on any atom is 0.264 e. The van der Waals surface area contributed by atoms with Crippen LogP contribution in [0.15, 0.2) is 52.3 Å². The summed E-state index contributed by atoms with van der Waals surface area (Å²) in [5.74, 6) is 0. The van der Waals surface area contributed by atoms with Crippen LogP contribution in [0.1, 0.15) is 30.4 Å². The van der Waals surface area contributed by atoms with Gasteiger partial charge in [-0.05, 0) is 62.4 Å². The average molecular weight is 407 g/mol. The van der Waals surface area contributed by atoms with Crippen LogP contribution in [0.3, 0.4) is 0 Å². The van der Waals surface area contributed by atoms with Crippen LogP contribution in [0.4, 0.5) is 5.69 Å². The number of rotatable bonds is 5. The van der Waals surface area contributed by atoms with Crippen molar-refractivity contribution >= 4 is 25.7 Å². The van der Waals surface area contributed by atoms with Gasteiger partial charge in [0.2, 0.25) is 10.0 Å². The molecule has 2 aliphatic rings. The van der Waals surface area contributed by atoms with Gasteiger partial charge < -0.3 is 0 Å². The highest BCUT2D eigenvalue weighted by atomic mass is 32.2. The third-order valence-electron chi connectivity index (χ3n) is 4.91. The first kappa shape index (κ1) is 18.5. The van der Waals surface area contributed by atoms with E-state index in [2.05, 4.69) is 4.72 Å². The van der Waals surface area contributed by atoms with Gasteiger partial charge in [0.25, 0.3) is 10.0 Å². The monoisotopic (exact) mass is 406 g/mol. The molecule has 0 aromatic heterocycles. The summed E-state index contributed by atoms with van der Waals surface area (Å²) in [6.45, 7) is 2.37. The van der Waals surface area contributed by atoms with Crippen LogP contribution in [-0.4, -0.2) is 29.4 Å². The smallest absolute Gasteiger partial charge is 0.264 e. The Morgan fingerprint density at radius 3 is 2.48 bits per heavy atom. The number of hydrogen-bond donors (Lipinski definition) is 1. The Kier molecular flexibility index (Phi) is 4.52. The molecule has 0 atom stereocenters. The standard InChI is InChI=1S/C19H22N2O4S2/c1-14-7-10-19-15(12-14)4-3-11-21(19)27(24,25)18-6-2-5-17(13-18)26(22,23)20-16-8-9-16/h2,5-7,10,12-13,16,20H,3-4,8-9,11H2,1H3. The highest BCUT2D eigenvalue weighted by molar-refractivity contribution is 7.93. The van der Waals surface area contributed by atoms with E-state index in [0.717, 1.165) is 36.8 Å². The molecule has 0 radical (unpaired) electrons. The van der Waals surface area contributed by atoms with E-state index >= 15 is 0 Å². The van der Waals surface area contributed by atoms with E-state index in [0.29, 0.717) is 12.2 Å². The lowest BCUT2D eigenvalue weighted by Gasteiger charge is -2.30. The van der Waals surface area contributed by atoms with Gasteiger partial charge in [0.15, 0.2) is 0 Å². The molecule has 27 heavy (non-hydrogen) atoms. The molecule has 8 heteroatoms. The molecule has 0 unspecified atom stereocenters. The highest BCUT2D eigenvalue weighted by Crippen LogP contribution is 2.33. The van der Waals surface area contributed by atoms with E-state index in [1.807, 2.05) is 25.1 Å². The summed E-state index contributed by atoms with van der Waals surface area (Å²) in [5, 5.41) is 0. The molecule has 2 aromatic carbocycles. The lowest BCUT2D eigenvalue weighted by atomic mass is 10.0. The van der Waals surface area contributed by atoms with Gasteiger partial charge in [0.05, 0.1) is 15.5 Å². The van der Waals surface area contributed by atoms with Crippen LogP contribution in [0.5, 0.6) is 0 Å². The minimum Gasteiger partial charge on any atom is -0.266 e. The minimum absolute atomic E-state index is 0.00500. The Hall–Kier alpha value is -1.90. The van der Waals surface area contributed by atoms with Gasteiger partial charge in [-0.1, -0.05) is 23.8 Å². The Morgan fingerprint density at radius 2 is 1.74 bits per heavy atom. The van der Waals surface area contributed by atoms with Crippen molar-refractivity contribution in [2.45, 2.75) is 48.4 Å². The van der Waals surface area contributed by atoms with Gasteiger partial charge in [0.1, 0.15) is 0 Å². The molecule has 1 aliphatic carbocycles. The first-order valence-electron chi connectivity index (χ1n) is 9.02. The fourth-order valence-corrected chi connectivity index (χ4v) is 6.37. The normalized spacial score (nSPS) is 17.6. The third kappa shape index (κ3) is 3.61. The minimum atomic E-state index is -3.84. The second-order valence-corrected chi connectivity index (χ2v) is 10.8. The highest BCUT2D eigenvalue weighted by Gasteiger charge is 2.31. The van der Waals surface area contributed by atoms with E-state index in [9.17, 15) is 16.8 Å². The molecular formula is C19H22N2O4S2. The topological polar surface area (TPSA) is 83.6 Å². The van der Waals surface area contributed by atoms with Crippen molar-refractivity contribution in [1.29, 1.82) is 0 Å². The molecule has 4 rings (SSSR count). The van der Waals surface area contributed by atoms with E-state index in [1.54, 1.807) is 0 Å². The van der Waals surface area contributed by atoms with E-state index in [4.69, 9.17) is 0 Å². The molecule has 0 bridgehead atoms. The third-order valence-corrected chi connectivity index (χ3v) is 8.24. The van der Waals surface area contributed by atoms with Crippen LogP contribution in [0, 0.1) is 6.92 Å². The zero-order chi connectivity index (χ0) is 19.2. The van der Waals surface area contributed by atoms with E-state index < -0.39 is 20.0 Å². The van der Waals surface area contributed by atoms with Crippen LogP contribution in [0.2, 0.25) is 0 Å². The van der Waals surface area contributed by atoms with Crippen molar-refractivity contribution in [3.8, 4) is 0 Å². The largest absolute Gasteiger partial charge is 0.266 e. The number of aryl methyl sites for hydroxylation is 2. The van der Waals surface area contributed by atoms with Crippen molar-refractivity contribution in [3.05, 3.63) is 53.6 Å².